The monoisotopic (exact) mass is 360 g/mol. The van der Waals surface area contributed by atoms with Gasteiger partial charge in [-0.15, -0.1) is 0 Å². The summed E-state index contributed by atoms with van der Waals surface area (Å²) in [5.74, 6) is 0.113. The molecule has 0 fully saturated rings. The second-order valence-electron chi connectivity index (χ2n) is 5.84. The first kappa shape index (κ1) is 17.9. The van der Waals surface area contributed by atoms with Crippen molar-refractivity contribution in [1.29, 1.82) is 0 Å². The number of anilines is 1. The summed E-state index contributed by atoms with van der Waals surface area (Å²) in [6.45, 7) is 1.98. The van der Waals surface area contributed by atoms with Gasteiger partial charge in [-0.05, 0) is 25.1 Å². The van der Waals surface area contributed by atoms with Crippen LogP contribution in [0.15, 0.2) is 67.0 Å². The number of aryl methyl sites for hydroxylation is 1. The molecule has 0 atom stereocenters. The van der Waals surface area contributed by atoms with Gasteiger partial charge in [0.2, 0.25) is 5.91 Å². The van der Waals surface area contributed by atoms with Gasteiger partial charge >= 0.3 is 0 Å². The van der Waals surface area contributed by atoms with Crippen LogP contribution in [0.25, 0.3) is 17.5 Å². The molecule has 0 unspecified atom stereocenters. The van der Waals surface area contributed by atoms with Crippen LogP contribution < -0.4 is 5.32 Å². The fraction of sp³-hybridized carbons (Fsp3) is 0.0500. The van der Waals surface area contributed by atoms with Crippen LogP contribution in [0.2, 0.25) is 0 Å². The number of nitro groups is 1. The molecule has 0 saturated heterocycles. The number of benzene rings is 2. The predicted molar refractivity (Wildman–Crippen MR) is 103 cm³/mol. The molecule has 0 saturated carbocycles. The van der Waals surface area contributed by atoms with Gasteiger partial charge in [0.1, 0.15) is 0 Å². The summed E-state index contributed by atoms with van der Waals surface area (Å²) in [4.78, 5) is 30.8. The van der Waals surface area contributed by atoms with E-state index in [-0.39, 0.29) is 11.6 Å². The van der Waals surface area contributed by atoms with Gasteiger partial charge in [-0.3, -0.25) is 14.9 Å². The molecule has 1 N–H and O–H groups in total. The first-order valence-electron chi connectivity index (χ1n) is 8.14. The van der Waals surface area contributed by atoms with Gasteiger partial charge in [-0.2, -0.15) is 0 Å². The maximum absolute atomic E-state index is 12.0. The molecule has 0 bridgehead atoms. The standard InChI is InChI=1S/C20H16N4O3/c1-14-5-8-17(9-6-14)23-19(25)10-7-15-12-21-20(22-13-15)16-3-2-4-18(11-16)24(26)27/h2-13H,1H3,(H,23,25)/b10-7+. The Balaban J connectivity index is 1.67. The zero-order chi connectivity index (χ0) is 19.2. The average Bonchev–Trinajstić information content (AvgIpc) is 2.69. The van der Waals surface area contributed by atoms with Crippen LogP contribution in [-0.2, 0) is 4.79 Å². The SMILES string of the molecule is Cc1ccc(NC(=O)/C=C/c2cnc(-c3cccc([N+](=O)[O-])c3)nc2)cc1. The lowest BCUT2D eigenvalue weighted by Crippen LogP contribution is -2.07. The van der Waals surface area contributed by atoms with Crippen molar-refractivity contribution in [2.75, 3.05) is 5.32 Å². The molecule has 0 aliphatic rings. The Labute approximate surface area is 155 Å². The third-order valence-corrected chi connectivity index (χ3v) is 3.73. The number of non-ortho nitro benzene ring substituents is 1. The molecule has 1 aromatic heterocycles. The zero-order valence-corrected chi connectivity index (χ0v) is 14.5. The summed E-state index contributed by atoms with van der Waals surface area (Å²) in [5, 5.41) is 13.6. The van der Waals surface area contributed by atoms with E-state index in [1.807, 2.05) is 31.2 Å². The molecule has 7 nitrogen and oxygen atoms in total. The number of carbonyl (C=O) groups excluding carboxylic acids is 1. The van der Waals surface area contributed by atoms with Crippen molar-refractivity contribution in [2.24, 2.45) is 0 Å². The number of nitrogens with one attached hydrogen (secondary N) is 1. The number of rotatable bonds is 5. The molecule has 0 radical (unpaired) electrons. The van der Waals surface area contributed by atoms with Gasteiger partial charge in [0.05, 0.1) is 4.92 Å². The molecule has 3 rings (SSSR count). The highest BCUT2D eigenvalue weighted by Crippen LogP contribution is 2.20. The van der Waals surface area contributed by atoms with Crippen LogP contribution in [0.1, 0.15) is 11.1 Å². The Hall–Kier alpha value is -3.87. The molecule has 7 heteroatoms. The van der Waals surface area contributed by atoms with Crippen molar-refractivity contribution in [1.82, 2.24) is 9.97 Å². The Morgan fingerprint density at radius 3 is 2.48 bits per heavy atom. The third kappa shape index (κ3) is 4.82. The van der Waals surface area contributed by atoms with Gasteiger partial charge in [-0.25, -0.2) is 9.97 Å². The van der Waals surface area contributed by atoms with E-state index in [9.17, 15) is 14.9 Å². The summed E-state index contributed by atoms with van der Waals surface area (Å²) < 4.78 is 0. The van der Waals surface area contributed by atoms with E-state index in [2.05, 4.69) is 15.3 Å². The second-order valence-corrected chi connectivity index (χ2v) is 5.84. The van der Waals surface area contributed by atoms with Crippen molar-refractivity contribution in [2.45, 2.75) is 6.92 Å². The van der Waals surface area contributed by atoms with E-state index in [0.29, 0.717) is 22.6 Å². The average molecular weight is 360 g/mol. The number of carbonyl (C=O) groups is 1. The van der Waals surface area contributed by atoms with Gasteiger partial charge in [0, 0.05) is 47.4 Å². The molecule has 1 heterocycles. The summed E-state index contributed by atoms with van der Waals surface area (Å²) in [6.07, 6.45) is 6.10. The smallest absolute Gasteiger partial charge is 0.270 e. The Bertz CT molecular complexity index is 996. The minimum absolute atomic E-state index is 0.0205. The molecule has 0 aliphatic heterocycles. The molecule has 27 heavy (non-hydrogen) atoms. The van der Waals surface area contributed by atoms with Gasteiger partial charge in [0.15, 0.2) is 5.82 Å². The molecule has 134 valence electrons. The van der Waals surface area contributed by atoms with Crippen LogP contribution in [0, 0.1) is 17.0 Å². The number of aromatic nitrogens is 2. The minimum Gasteiger partial charge on any atom is -0.323 e. The van der Waals surface area contributed by atoms with Crippen molar-refractivity contribution in [3.63, 3.8) is 0 Å². The highest BCUT2D eigenvalue weighted by molar-refractivity contribution is 6.01. The molecule has 2 aromatic carbocycles. The van der Waals surface area contributed by atoms with E-state index in [4.69, 9.17) is 0 Å². The second kappa shape index (κ2) is 8.01. The normalized spacial score (nSPS) is 10.7. The van der Waals surface area contributed by atoms with E-state index in [1.165, 1.54) is 18.2 Å². The Morgan fingerprint density at radius 2 is 1.81 bits per heavy atom. The van der Waals surface area contributed by atoms with Crippen molar-refractivity contribution in [3.8, 4) is 11.4 Å². The lowest BCUT2D eigenvalue weighted by atomic mass is 10.2. The number of nitrogens with zero attached hydrogens (tertiary/aromatic N) is 3. The van der Waals surface area contributed by atoms with E-state index < -0.39 is 4.92 Å². The lowest BCUT2D eigenvalue weighted by molar-refractivity contribution is -0.384. The summed E-state index contributed by atoms with van der Waals surface area (Å²) in [5.41, 5.74) is 3.00. The van der Waals surface area contributed by atoms with Crippen LogP contribution in [0.3, 0.4) is 0 Å². The first-order chi connectivity index (χ1) is 13.0. The van der Waals surface area contributed by atoms with Crippen molar-refractivity contribution >= 4 is 23.4 Å². The lowest BCUT2D eigenvalue weighted by Gasteiger charge is -2.02. The van der Waals surface area contributed by atoms with Crippen molar-refractivity contribution < 1.29 is 9.72 Å². The van der Waals surface area contributed by atoms with E-state index in [0.717, 1.165) is 5.56 Å². The fourth-order valence-corrected chi connectivity index (χ4v) is 2.32. The topological polar surface area (TPSA) is 98.0 Å². The maximum atomic E-state index is 12.0. The van der Waals surface area contributed by atoms with Gasteiger partial charge in [0.25, 0.3) is 5.69 Å². The molecule has 3 aromatic rings. The summed E-state index contributed by atoms with van der Waals surface area (Å²) in [6, 6.07) is 13.6. The van der Waals surface area contributed by atoms with Gasteiger partial charge < -0.3 is 5.32 Å². The zero-order valence-electron chi connectivity index (χ0n) is 14.5. The molecule has 1 amide bonds. The molecule has 0 aliphatic carbocycles. The summed E-state index contributed by atoms with van der Waals surface area (Å²) in [7, 11) is 0. The third-order valence-electron chi connectivity index (χ3n) is 3.73. The molecular formula is C20H16N4O3. The van der Waals surface area contributed by atoms with Crippen LogP contribution in [0.5, 0.6) is 0 Å². The first-order valence-corrected chi connectivity index (χ1v) is 8.14. The number of hydrogen-bond donors (Lipinski definition) is 1. The van der Waals surface area contributed by atoms with Crippen molar-refractivity contribution in [3.05, 3.63) is 88.2 Å². The van der Waals surface area contributed by atoms with Crippen LogP contribution in [-0.4, -0.2) is 20.8 Å². The fourth-order valence-electron chi connectivity index (χ4n) is 2.32. The maximum Gasteiger partial charge on any atom is 0.270 e. The predicted octanol–water partition coefficient (Wildman–Crippen LogP) is 4.01. The largest absolute Gasteiger partial charge is 0.323 e. The number of amides is 1. The Kier molecular flexibility index (Phi) is 5.32. The molecule has 0 spiro atoms. The molecular weight excluding hydrogens is 344 g/mol. The van der Waals surface area contributed by atoms with Crippen LogP contribution in [0.4, 0.5) is 11.4 Å². The van der Waals surface area contributed by atoms with E-state index >= 15 is 0 Å². The summed E-state index contributed by atoms with van der Waals surface area (Å²) >= 11 is 0. The Morgan fingerprint density at radius 1 is 1.11 bits per heavy atom. The number of hydrogen-bond acceptors (Lipinski definition) is 5. The van der Waals surface area contributed by atoms with Gasteiger partial charge in [-0.1, -0.05) is 29.8 Å². The number of nitro benzene ring substituents is 1. The highest BCUT2D eigenvalue weighted by atomic mass is 16.6. The highest BCUT2D eigenvalue weighted by Gasteiger charge is 2.08. The minimum atomic E-state index is -0.465. The van der Waals surface area contributed by atoms with E-state index in [1.54, 1.807) is 30.6 Å². The quantitative estimate of drug-likeness (QED) is 0.421. The van der Waals surface area contributed by atoms with Crippen LogP contribution >= 0.6 is 0 Å².